The summed E-state index contributed by atoms with van der Waals surface area (Å²) < 4.78 is 13.2. The molecule has 0 aliphatic carbocycles. The Hall–Kier alpha value is -1.40. The molecule has 1 aliphatic rings. The van der Waals surface area contributed by atoms with Gasteiger partial charge in [0.2, 0.25) is 0 Å². The first kappa shape index (κ1) is 11.1. The molecule has 0 amide bonds. The topological polar surface area (TPSA) is 66.6 Å². The normalized spacial score (nSPS) is 16.1. The van der Waals surface area contributed by atoms with Crippen molar-refractivity contribution >= 4 is 23.0 Å². The summed E-state index contributed by atoms with van der Waals surface area (Å²) in [5.74, 6) is -0.705. The molecule has 5 nitrogen and oxygen atoms in total. The van der Waals surface area contributed by atoms with Crippen molar-refractivity contribution in [3.63, 3.8) is 0 Å². The third-order valence-corrected chi connectivity index (χ3v) is 2.71. The molecule has 0 unspecified atom stereocenters. The van der Waals surface area contributed by atoms with E-state index in [1.807, 2.05) is 0 Å². The lowest BCUT2D eigenvalue weighted by atomic mass is 10.1. The fourth-order valence-electron chi connectivity index (χ4n) is 1.58. The van der Waals surface area contributed by atoms with Crippen molar-refractivity contribution in [1.29, 1.82) is 0 Å². The quantitative estimate of drug-likeness (QED) is 0.635. The van der Waals surface area contributed by atoms with Crippen LogP contribution in [0.3, 0.4) is 0 Å². The maximum absolute atomic E-state index is 13.2. The zero-order valence-electron chi connectivity index (χ0n) is 8.06. The minimum absolute atomic E-state index is 0.150. The van der Waals surface area contributed by atoms with E-state index in [1.54, 1.807) is 0 Å². The molecule has 1 fully saturated rings. The van der Waals surface area contributed by atoms with Crippen LogP contribution in [0.4, 0.5) is 15.8 Å². The second-order valence-electron chi connectivity index (χ2n) is 3.57. The highest BCUT2D eigenvalue weighted by Crippen LogP contribution is 2.35. The molecule has 16 heavy (non-hydrogen) atoms. The number of nitro groups is 1. The number of hydrogen-bond acceptors (Lipinski definition) is 4. The van der Waals surface area contributed by atoms with Crippen molar-refractivity contribution in [2.45, 2.75) is 6.10 Å². The molecule has 0 atom stereocenters. The maximum atomic E-state index is 13.2. The summed E-state index contributed by atoms with van der Waals surface area (Å²) in [6.45, 7) is 0.532. The highest BCUT2D eigenvalue weighted by molar-refractivity contribution is 6.31. The average molecular weight is 247 g/mol. The van der Waals surface area contributed by atoms with Crippen LogP contribution >= 0.6 is 11.6 Å². The number of hydrogen-bond donors (Lipinski definition) is 1. The summed E-state index contributed by atoms with van der Waals surface area (Å²) in [7, 11) is 0. The number of aliphatic hydroxyl groups is 1. The van der Waals surface area contributed by atoms with Gasteiger partial charge in [0.1, 0.15) is 11.5 Å². The van der Waals surface area contributed by atoms with E-state index < -0.39 is 16.8 Å². The van der Waals surface area contributed by atoms with E-state index in [9.17, 15) is 14.5 Å². The summed E-state index contributed by atoms with van der Waals surface area (Å²) >= 11 is 5.48. The van der Waals surface area contributed by atoms with Gasteiger partial charge in [-0.15, -0.1) is 0 Å². The number of β-amino-alcohol motifs (C(OH)–C–C–N with tert-alkyl or cyclic N) is 1. The maximum Gasteiger partial charge on any atom is 0.294 e. The fourth-order valence-corrected chi connectivity index (χ4v) is 1.74. The molecule has 2 rings (SSSR count). The Labute approximate surface area is 95.2 Å². The number of nitro benzene ring substituents is 1. The number of halogens is 2. The van der Waals surface area contributed by atoms with Crippen LogP contribution in [0.15, 0.2) is 12.1 Å². The second-order valence-corrected chi connectivity index (χ2v) is 3.98. The Morgan fingerprint density at radius 3 is 2.69 bits per heavy atom. The summed E-state index contributed by atoms with van der Waals surface area (Å²) in [5.41, 5.74) is -0.101. The van der Waals surface area contributed by atoms with E-state index in [-0.39, 0.29) is 29.5 Å². The summed E-state index contributed by atoms with van der Waals surface area (Å²) in [5, 5.41) is 19.6. The van der Waals surface area contributed by atoms with Crippen LogP contribution in [-0.2, 0) is 0 Å². The number of anilines is 1. The van der Waals surface area contributed by atoms with Crippen LogP contribution in [0, 0.1) is 15.9 Å². The standard InChI is InChI=1S/C9H8ClFN2O3/c10-6-1-9(13(15)16)8(2-7(6)11)12-3-5(14)4-12/h1-2,5,14H,3-4H2. The van der Waals surface area contributed by atoms with Crippen LogP contribution in [0.25, 0.3) is 0 Å². The van der Waals surface area contributed by atoms with Gasteiger partial charge in [-0.05, 0) is 0 Å². The summed E-state index contributed by atoms with van der Waals surface area (Å²) in [6.07, 6.45) is -0.515. The van der Waals surface area contributed by atoms with Gasteiger partial charge in [-0.25, -0.2) is 4.39 Å². The van der Waals surface area contributed by atoms with E-state index in [2.05, 4.69) is 0 Å². The highest BCUT2D eigenvalue weighted by Gasteiger charge is 2.31. The monoisotopic (exact) mass is 246 g/mol. The Morgan fingerprint density at radius 1 is 1.56 bits per heavy atom. The largest absolute Gasteiger partial charge is 0.389 e. The highest BCUT2D eigenvalue weighted by atomic mass is 35.5. The Kier molecular flexibility index (Phi) is 2.69. The lowest BCUT2D eigenvalue weighted by molar-refractivity contribution is -0.384. The van der Waals surface area contributed by atoms with Crippen molar-refractivity contribution in [3.05, 3.63) is 33.1 Å². The number of rotatable bonds is 2. The van der Waals surface area contributed by atoms with Gasteiger partial charge >= 0.3 is 0 Å². The van der Waals surface area contributed by atoms with Gasteiger partial charge in [-0.2, -0.15) is 0 Å². The number of benzene rings is 1. The van der Waals surface area contributed by atoms with Crippen LogP contribution in [0.1, 0.15) is 0 Å². The van der Waals surface area contributed by atoms with E-state index >= 15 is 0 Å². The zero-order chi connectivity index (χ0) is 11.9. The Bertz CT molecular complexity index is 449. The van der Waals surface area contributed by atoms with Gasteiger partial charge < -0.3 is 10.0 Å². The minimum Gasteiger partial charge on any atom is -0.389 e. The first-order chi connectivity index (χ1) is 7.49. The van der Waals surface area contributed by atoms with Gasteiger partial charge in [0.05, 0.1) is 16.0 Å². The van der Waals surface area contributed by atoms with Crippen LogP contribution in [0.5, 0.6) is 0 Å². The minimum atomic E-state index is -0.705. The van der Waals surface area contributed by atoms with E-state index in [1.165, 1.54) is 4.90 Å². The van der Waals surface area contributed by atoms with Crippen LogP contribution in [0.2, 0.25) is 5.02 Å². The molecule has 1 N–H and O–H groups in total. The summed E-state index contributed by atoms with van der Waals surface area (Å²) in [6, 6.07) is 2.00. The smallest absolute Gasteiger partial charge is 0.294 e. The molecular weight excluding hydrogens is 239 g/mol. The lowest BCUT2D eigenvalue weighted by Gasteiger charge is -2.37. The van der Waals surface area contributed by atoms with E-state index in [0.29, 0.717) is 0 Å². The Balaban J connectivity index is 2.42. The third kappa shape index (κ3) is 1.81. The number of nitrogens with zero attached hydrogens (tertiary/aromatic N) is 2. The molecule has 0 radical (unpaired) electrons. The number of aliphatic hydroxyl groups excluding tert-OH is 1. The molecule has 86 valence electrons. The van der Waals surface area contributed by atoms with Crippen LogP contribution < -0.4 is 4.90 Å². The molecule has 1 heterocycles. The van der Waals surface area contributed by atoms with Crippen molar-refractivity contribution in [2.75, 3.05) is 18.0 Å². The predicted molar refractivity (Wildman–Crippen MR) is 56.3 cm³/mol. The molecular formula is C9H8ClFN2O3. The molecule has 0 spiro atoms. The molecule has 0 saturated carbocycles. The van der Waals surface area contributed by atoms with Crippen molar-refractivity contribution < 1.29 is 14.4 Å². The Morgan fingerprint density at radius 2 is 2.19 bits per heavy atom. The van der Waals surface area contributed by atoms with Crippen LogP contribution in [-0.4, -0.2) is 29.2 Å². The van der Waals surface area contributed by atoms with Gasteiger partial charge in [-0.3, -0.25) is 10.1 Å². The van der Waals surface area contributed by atoms with Gasteiger partial charge in [-0.1, -0.05) is 11.6 Å². The summed E-state index contributed by atoms with van der Waals surface area (Å²) in [4.78, 5) is 11.7. The zero-order valence-corrected chi connectivity index (χ0v) is 8.82. The molecule has 7 heteroatoms. The van der Waals surface area contributed by atoms with E-state index in [0.717, 1.165) is 12.1 Å². The van der Waals surface area contributed by atoms with Gasteiger partial charge in [0.15, 0.2) is 0 Å². The SMILES string of the molecule is O=[N+]([O-])c1cc(Cl)c(F)cc1N1CC(O)C1. The molecule has 1 saturated heterocycles. The second kappa shape index (κ2) is 3.88. The van der Waals surface area contributed by atoms with Gasteiger partial charge in [0.25, 0.3) is 5.69 Å². The van der Waals surface area contributed by atoms with Crippen molar-refractivity contribution in [3.8, 4) is 0 Å². The van der Waals surface area contributed by atoms with Gasteiger partial charge in [0, 0.05) is 25.2 Å². The first-order valence-electron chi connectivity index (χ1n) is 4.55. The average Bonchev–Trinajstić information content (AvgIpc) is 2.16. The van der Waals surface area contributed by atoms with Crippen molar-refractivity contribution in [2.24, 2.45) is 0 Å². The lowest BCUT2D eigenvalue weighted by Crippen LogP contribution is -2.51. The molecule has 1 aromatic carbocycles. The molecule has 1 aliphatic heterocycles. The van der Waals surface area contributed by atoms with E-state index in [4.69, 9.17) is 16.7 Å². The fraction of sp³-hybridized carbons (Fsp3) is 0.333. The van der Waals surface area contributed by atoms with Crippen molar-refractivity contribution in [1.82, 2.24) is 0 Å². The molecule has 1 aromatic rings. The first-order valence-corrected chi connectivity index (χ1v) is 4.93. The third-order valence-electron chi connectivity index (χ3n) is 2.42. The molecule has 0 aromatic heterocycles. The predicted octanol–water partition coefficient (Wildman–Crippen LogP) is 1.57. The molecule has 0 bridgehead atoms.